The van der Waals surface area contributed by atoms with Crippen molar-refractivity contribution in [2.24, 2.45) is 0 Å². The van der Waals surface area contributed by atoms with Crippen LogP contribution in [0.25, 0.3) is 0 Å². The third-order valence-electron chi connectivity index (χ3n) is 5.41. The molecule has 1 unspecified atom stereocenters. The van der Waals surface area contributed by atoms with E-state index in [1.54, 1.807) is 6.20 Å². The largest absolute Gasteiger partial charge is 0.376 e. The standard InChI is InChI=1S/C23H25N3O3/c1-3-16-7-9-17(10-8-16)22(18-6-5-12-24-14-18)26(4-2)23(27)21-19-15-28-13-11-20(19)29-25-21/h5-10,12,14,22H,3-4,11,13,15H2,1-2H3. The average molecular weight is 391 g/mol. The molecule has 0 saturated heterocycles. The van der Waals surface area contributed by atoms with Gasteiger partial charge in [0.1, 0.15) is 5.76 Å². The third kappa shape index (κ3) is 3.80. The molecule has 3 aromatic rings. The molecule has 0 spiro atoms. The van der Waals surface area contributed by atoms with Gasteiger partial charge in [-0.05, 0) is 36.1 Å². The molecule has 0 aliphatic carbocycles. The highest BCUT2D eigenvalue weighted by atomic mass is 16.5. The van der Waals surface area contributed by atoms with Gasteiger partial charge in [-0.3, -0.25) is 9.78 Å². The lowest BCUT2D eigenvalue weighted by Gasteiger charge is -2.31. The second-order valence-corrected chi connectivity index (χ2v) is 7.11. The molecule has 0 fully saturated rings. The summed E-state index contributed by atoms with van der Waals surface area (Å²) in [4.78, 5) is 19.7. The van der Waals surface area contributed by atoms with Crippen molar-refractivity contribution in [3.8, 4) is 0 Å². The number of ether oxygens (including phenoxy) is 1. The van der Waals surface area contributed by atoms with Crippen molar-refractivity contribution in [1.29, 1.82) is 0 Å². The number of amides is 1. The first-order chi connectivity index (χ1) is 14.2. The van der Waals surface area contributed by atoms with Gasteiger partial charge in [-0.25, -0.2) is 0 Å². The summed E-state index contributed by atoms with van der Waals surface area (Å²) in [5, 5.41) is 4.10. The Bertz CT molecular complexity index is 967. The number of benzene rings is 1. The second-order valence-electron chi connectivity index (χ2n) is 7.11. The van der Waals surface area contributed by atoms with Crippen LogP contribution in [0.1, 0.15) is 58.4 Å². The SMILES string of the molecule is CCc1ccc(C(c2cccnc2)N(CC)C(=O)c2noc3c2COCC3)cc1. The van der Waals surface area contributed by atoms with Crippen LogP contribution >= 0.6 is 0 Å². The second kappa shape index (κ2) is 8.57. The molecule has 1 amide bonds. The Balaban J connectivity index is 1.75. The first-order valence-electron chi connectivity index (χ1n) is 10.1. The maximum atomic E-state index is 13.5. The Morgan fingerprint density at radius 2 is 2.00 bits per heavy atom. The van der Waals surface area contributed by atoms with Gasteiger partial charge in [0.15, 0.2) is 5.69 Å². The number of hydrogen-bond donors (Lipinski definition) is 0. The summed E-state index contributed by atoms with van der Waals surface area (Å²) in [6.45, 7) is 5.59. The van der Waals surface area contributed by atoms with E-state index in [0.29, 0.717) is 31.9 Å². The lowest BCUT2D eigenvalue weighted by molar-refractivity contribution is 0.0697. The molecule has 0 bridgehead atoms. The zero-order valence-corrected chi connectivity index (χ0v) is 16.8. The molecule has 6 nitrogen and oxygen atoms in total. The summed E-state index contributed by atoms with van der Waals surface area (Å²) in [6, 6.07) is 12.0. The van der Waals surface area contributed by atoms with Crippen LogP contribution in [0.2, 0.25) is 0 Å². The Kier molecular flexibility index (Phi) is 5.71. The van der Waals surface area contributed by atoms with E-state index in [-0.39, 0.29) is 11.9 Å². The summed E-state index contributed by atoms with van der Waals surface area (Å²) in [7, 11) is 0. The molecule has 0 radical (unpaired) electrons. The maximum Gasteiger partial charge on any atom is 0.277 e. The number of nitrogens with zero attached hydrogens (tertiary/aromatic N) is 3. The summed E-state index contributed by atoms with van der Waals surface area (Å²) in [5.74, 6) is 0.595. The predicted octanol–water partition coefficient (Wildman–Crippen LogP) is 3.96. The zero-order chi connectivity index (χ0) is 20.2. The van der Waals surface area contributed by atoms with E-state index < -0.39 is 0 Å². The summed E-state index contributed by atoms with van der Waals surface area (Å²) < 4.78 is 11.0. The molecule has 0 saturated carbocycles. The molecule has 1 atom stereocenters. The number of fused-ring (bicyclic) bond motifs is 1. The van der Waals surface area contributed by atoms with Gasteiger partial charge in [0.25, 0.3) is 5.91 Å². The number of carbonyl (C=O) groups is 1. The highest BCUT2D eigenvalue weighted by molar-refractivity contribution is 5.94. The number of hydrogen-bond acceptors (Lipinski definition) is 5. The van der Waals surface area contributed by atoms with E-state index in [4.69, 9.17) is 9.26 Å². The van der Waals surface area contributed by atoms with Gasteiger partial charge in [0.05, 0.1) is 24.8 Å². The Morgan fingerprint density at radius 3 is 2.69 bits per heavy atom. The van der Waals surface area contributed by atoms with E-state index >= 15 is 0 Å². The Hall–Kier alpha value is -2.99. The number of rotatable bonds is 6. The summed E-state index contributed by atoms with van der Waals surface area (Å²) >= 11 is 0. The number of carbonyl (C=O) groups excluding carboxylic acids is 1. The van der Waals surface area contributed by atoms with Gasteiger partial charge >= 0.3 is 0 Å². The fourth-order valence-electron chi connectivity index (χ4n) is 3.80. The highest BCUT2D eigenvalue weighted by Gasteiger charge is 2.32. The molecule has 150 valence electrons. The summed E-state index contributed by atoms with van der Waals surface area (Å²) in [6.07, 6.45) is 5.17. The van der Waals surface area contributed by atoms with Gasteiger partial charge in [-0.15, -0.1) is 0 Å². The smallest absolute Gasteiger partial charge is 0.277 e. The molecule has 1 aliphatic rings. The zero-order valence-electron chi connectivity index (χ0n) is 16.8. The first kappa shape index (κ1) is 19.3. The van der Waals surface area contributed by atoms with Crippen LogP contribution in [0, 0.1) is 0 Å². The molecule has 6 heteroatoms. The minimum Gasteiger partial charge on any atom is -0.376 e. The van der Waals surface area contributed by atoms with Gasteiger partial charge in [-0.1, -0.05) is 42.4 Å². The molecule has 0 N–H and O–H groups in total. The van der Waals surface area contributed by atoms with Crippen LogP contribution in [0.15, 0.2) is 53.3 Å². The van der Waals surface area contributed by atoms with Crippen molar-refractivity contribution < 1.29 is 14.1 Å². The maximum absolute atomic E-state index is 13.5. The van der Waals surface area contributed by atoms with Crippen LogP contribution in [-0.2, 0) is 24.2 Å². The fraction of sp³-hybridized carbons (Fsp3) is 0.348. The van der Waals surface area contributed by atoms with Crippen molar-refractivity contribution in [3.05, 3.63) is 82.5 Å². The van der Waals surface area contributed by atoms with Crippen LogP contribution in [0.4, 0.5) is 0 Å². The predicted molar refractivity (Wildman–Crippen MR) is 108 cm³/mol. The molecule has 1 aromatic carbocycles. The molecule has 2 aromatic heterocycles. The van der Waals surface area contributed by atoms with Crippen molar-refractivity contribution >= 4 is 5.91 Å². The summed E-state index contributed by atoms with van der Waals surface area (Å²) in [5.41, 5.74) is 4.38. The number of pyridine rings is 1. The molecule has 29 heavy (non-hydrogen) atoms. The third-order valence-corrected chi connectivity index (χ3v) is 5.41. The van der Waals surface area contributed by atoms with Crippen LogP contribution in [0.5, 0.6) is 0 Å². The number of aryl methyl sites for hydroxylation is 1. The van der Waals surface area contributed by atoms with Crippen LogP contribution in [0.3, 0.4) is 0 Å². The molecule has 3 heterocycles. The van der Waals surface area contributed by atoms with Gasteiger partial charge in [-0.2, -0.15) is 0 Å². The first-order valence-corrected chi connectivity index (χ1v) is 10.1. The number of aromatic nitrogens is 2. The van der Waals surface area contributed by atoms with Gasteiger partial charge in [0, 0.05) is 25.4 Å². The quantitative estimate of drug-likeness (QED) is 0.636. The molecular formula is C23H25N3O3. The van der Waals surface area contributed by atoms with Crippen molar-refractivity contribution in [2.75, 3.05) is 13.2 Å². The molecule has 4 rings (SSSR count). The van der Waals surface area contributed by atoms with E-state index in [1.807, 2.05) is 30.2 Å². The van der Waals surface area contributed by atoms with E-state index in [0.717, 1.165) is 28.9 Å². The lowest BCUT2D eigenvalue weighted by atomic mass is 9.96. The topological polar surface area (TPSA) is 68.5 Å². The van der Waals surface area contributed by atoms with E-state index in [1.165, 1.54) is 5.56 Å². The van der Waals surface area contributed by atoms with E-state index in [9.17, 15) is 4.79 Å². The Labute approximate surface area is 170 Å². The van der Waals surface area contributed by atoms with Crippen LogP contribution < -0.4 is 0 Å². The van der Waals surface area contributed by atoms with Gasteiger partial charge in [0.2, 0.25) is 0 Å². The van der Waals surface area contributed by atoms with E-state index in [2.05, 4.69) is 41.3 Å². The molecule has 1 aliphatic heterocycles. The van der Waals surface area contributed by atoms with Crippen molar-refractivity contribution in [1.82, 2.24) is 15.0 Å². The molecular weight excluding hydrogens is 366 g/mol. The Morgan fingerprint density at radius 1 is 1.17 bits per heavy atom. The van der Waals surface area contributed by atoms with Crippen molar-refractivity contribution in [2.45, 2.75) is 39.3 Å². The van der Waals surface area contributed by atoms with Gasteiger partial charge < -0.3 is 14.2 Å². The average Bonchev–Trinajstić information content (AvgIpc) is 3.22. The fourth-order valence-corrected chi connectivity index (χ4v) is 3.80. The van der Waals surface area contributed by atoms with Crippen LogP contribution in [-0.4, -0.2) is 34.1 Å². The lowest BCUT2D eigenvalue weighted by Crippen LogP contribution is -2.36. The minimum atomic E-state index is -0.260. The van der Waals surface area contributed by atoms with Crippen molar-refractivity contribution in [3.63, 3.8) is 0 Å². The monoisotopic (exact) mass is 391 g/mol. The normalized spacial score (nSPS) is 14.3. The minimum absolute atomic E-state index is 0.156. The highest BCUT2D eigenvalue weighted by Crippen LogP contribution is 2.31.